The van der Waals surface area contributed by atoms with E-state index in [0.717, 1.165) is 12.8 Å². The van der Waals surface area contributed by atoms with E-state index in [4.69, 9.17) is 5.11 Å². The molecule has 3 rings (SSSR count). The molecule has 0 aromatic heterocycles. The Labute approximate surface area is 164 Å². The molecule has 1 aliphatic rings. The lowest BCUT2D eigenvalue weighted by molar-refractivity contribution is -0.111. The summed E-state index contributed by atoms with van der Waals surface area (Å²) in [5.74, 6) is 0.713. The summed E-state index contributed by atoms with van der Waals surface area (Å²) >= 11 is 0. The predicted octanol–water partition coefficient (Wildman–Crippen LogP) is 4.69. The van der Waals surface area contributed by atoms with Crippen molar-refractivity contribution in [2.45, 2.75) is 52.2 Å². The summed E-state index contributed by atoms with van der Waals surface area (Å²) in [6.07, 6.45) is 7.95. The van der Waals surface area contributed by atoms with Crippen LogP contribution in [0.25, 0.3) is 0 Å². The standard InChI is InChI=1S/C12H16.C9H10.C3H7NO2/c1-3-7-11(2)10-12-8-5-4-6-9-12;1-2-5-9-7-3-6-8(9)4-1;1-3(6)4-2-5/h3-6,8-9,11H,1,7,10H2,2H3;1-2,4-5H,3,6-7H2;2-3,6H,1H3,(H,4,5)/t11-;;3-/m0.1/s1. The average molecular weight is 368 g/mol. The van der Waals surface area contributed by atoms with Crippen molar-refractivity contribution in [1.29, 1.82) is 0 Å². The molecule has 146 valence electrons. The van der Waals surface area contributed by atoms with Crippen LogP contribution in [0.1, 0.15) is 43.4 Å². The van der Waals surface area contributed by atoms with Gasteiger partial charge in [-0.05, 0) is 61.6 Å². The number of aliphatic hydroxyl groups excluding tert-OH is 1. The third-order valence-electron chi connectivity index (χ3n) is 4.32. The first-order valence-corrected chi connectivity index (χ1v) is 9.66. The first-order valence-electron chi connectivity index (χ1n) is 9.66. The van der Waals surface area contributed by atoms with Gasteiger partial charge in [0.1, 0.15) is 6.23 Å². The number of rotatable bonds is 6. The summed E-state index contributed by atoms with van der Waals surface area (Å²) in [6.45, 7) is 7.47. The molecule has 0 bridgehead atoms. The van der Waals surface area contributed by atoms with Crippen LogP contribution in [0.5, 0.6) is 0 Å². The molecule has 0 spiro atoms. The number of allylic oxidation sites excluding steroid dienone is 1. The Kier molecular flexibility index (Phi) is 11.5. The van der Waals surface area contributed by atoms with Gasteiger partial charge in [-0.2, -0.15) is 0 Å². The van der Waals surface area contributed by atoms with Crippen molar-refractivity contribution in [2.75, 3.05) is 0 Å². The van der Waals surface area contributed by atoms with Crippen molar-refractivity contribution in [3.05, 3.63) is 83.9 Å². The number of hydrogen-bond donors (Lipinski definition) is 2. The number of nitrogens with one attached hydrogen (secondary N) is 1. The van der Waals surface area contributed by atoms with Gasteiger partial charge in [-0.3, -0.25) is 4.79 Å². The Hall–Kier alpha value is -2.39. The largest absolute Gasteiger partial charge is 0.374 e. The van der Waals surface area contributed by atoms with E-state index in [2.05, 4.69) is 73.4 Å². The van der Waals surface area contributed by atoms with Gasteiger partial charge in [0.25, 0.3) is 0 Å². The van der Waals surface area contributed by atoms with Gasteiger partial charge in [-0.25, -0.2) is 0 Å². The van der Waals surface area contributed by atoms with Crippen molar-refractivity contribution in [1.82, 2.24) is 5.32 Å². The summed E-state index contributed by atoms with van der Waals surface area (Å²) in [5.41, 5.74) is 4.56. The molecule has 3 heteroatoms. The maximum absolute atomic E-state index is 9.34. The number of aryl methyl sites for hydroxylation is 2. The Bertz CT molecular complexity index is 629. The minimum Gasteiger partial charge on any atom is -0.374 e. The molecular weight excluding hydrogens is 334 g/mol. The maximum Gasteiger partial charge on any atom is 0.209 e. The van der Waals surface area contributed by atoms with E-state index < -0.39 is 6.23 Å². The van der Waals surface area contributed by atoms with E-state index in [1.807, 2.05) is 6.08 Å². The second-order valence-corrected chi connectivity index (χ2v) is 6.90. The summed E-state index contributed by atoms with van der Waals surface area (Å²) in [5, 5.41) is 10.3. The number of aliphatic hydroxyl groups is 1. The molecule has 0 heterocycles. The van der Waals surface area contributed by atoms with Crippen LogP contribution in [0.15, 0.2) is 67.3 Å². The van der Waals surface area contributed by atoms with Gasteiger partial charge in [0.15, 0.2) is 0 Å². The van der Waals surface area contributed by atoms with Crippen molar-refractivity contribution >= 4 is 6.41 Å². The third kappa shape index (κ3) is 10.4. The molecule has 0 fully saturated rings. The highest BCUT2D eigenvalue weighted by Gasteiger charge is 2.07. The lowest BCUT2D eigenvalue weighted by Crippen LogP contribution is -2.22. The van der Waals surface area contributed by atoms with Crippen molar-refractivity contribution in [3.8, 4) is 0 Å². The third-order valence-corrected chi connectivity index (χ3v) is 4.32. The fourth-order valence-corrected chi connectivity index (χ4v) is 3.00. The summed E-state index contributed by atoms with van der Waals surface area (Å²) in [4.78, 5) is 9.34. The van der Waals surface area contributed by atoms with Crippen LogP contribution in [-0.4, -0.2) is 17.7 Å². The fraction of sp³-hybridized carbons (Fsp3) is 0.375. The molecule has 2 aromatic carbocycles. The van der Waals surface area contributed by atoms with E-state index in [9.17, 15) is 4.79 Å². The normalized spacial score (nSPS) is 13.6. The maximum atomic E-state index is 9.34. The number of carbonyl (C=O) groups excluding carboxylic acids is 1. The van der Waals surface area contributed by atoms with E-state index in [1.165, 1.54) is 31.7 Å². The van der Waals surface area contributed by atoms with Gasteiger partial charge >= 0.3 is 0 Å². The quantitative estimate of drug-likeness (QED) is 0.442. The highest BCUT2D eigenvalue weighted by molar-refractivity contribution is 5.45. The van der Waals surface area contributed by atoms with Gasteiger partial charge in [0.2, 0.25) is 6.41 Å². The van der Waals surface area contributed by atoms with Crippen LogP contribution in [0.2, 0.25) is 0 Å². The Morgan fingerprint density at radius 1 is 1.04 bits per heavy atom. The Balaban J connectivity index is 0.000000215. The highest BCUT2D eigenvalue weighted by Crippen LogP contribution is 2.20. The number of benzene rings is 2. The van der Waals surface area contributed by atoms with Gasteiger partial charge in [-0.1, -0.05) is 67.6 Å². The summed E-state index contributed by atoms with van der Waals surface area (Å²) in [7, 11) is 0. The fourth-order valence-electron chi connectivity index (χ4n) is 3.00. The highest BCUT2D eigenvalue weighted by atomic mass is 16.3. The van der Waals surface area contributed by atoms with Gasteiger partial charge < -0.3 is 10.4 Å². The SMILES string of the molecule is C=CC[C@H](C)Cc1ccccc1.C[C@@H](O)NC=O.c1ccc2c(c1)CCC2. The van der Waals surface area contributed by atoms with Crippen molar-refractivity contribution in [3.63, 3.8) is 0 Å². The molecule has 0 saturated heterocycles. The van der Waals surface area contributed by atoms with Crippen LogP contribution in [0.3, 0.4) is 0 Å². The van der Waals surface area contributed by atoms with Crippen LogP contribution in [0, 0.1) is 5.92 Å². The first kappa shape index (κ1) is 22.7. The topological polar surface area (TPSA) is 49.3 Å². The number of carbonyl (C=O) groups is 1. The number of fused-ring (bicyclic) bond motifs is 1. The Morgan fingerprint density at radius 3 is 2.04 bits per heavy atom. The van der Waals surface area contributed by atoms with Crippen molar-refractivity contribution in [2.24, 2.45) is 5.92 Å². The van der Waals surface area contributed by atoms with Crippen LogP contribution in [0.4, 0.5) is 0 Å². The molecule has 0 aliphatic heterocycles. The summed E-state index contributed by atoms with van der Waals surface area (Å²) < 4.78 is 0. The smallest absolute Gasteiger partial charge is 0.209 e. The Morgan fingerprint density at radius 2 is 1.59 bits per heavy atom. The minimum absolute atomic E-state index is 0.449. The van der Waals surface area contributed by atoms with Crippen LogP contribution in [-0.2, 0) is 24.1 Å². The molecule has 1 aliphatic carbocycles. The van der Waals surface area contributed by atoms with Gasteiger partial charge in [0.05, 0.1) is 0 Å². The monoisotopic (exact) mass is 367 g/mol. The molecule has 0 unspecified atom stereocenters. The second-order valence-electron chi connectivity index (χ2n) is 6.90. The summed E-state index contributed by atoms with van der Waals surface area (Å²) in [6, 6.07) is 19.3. The molecule has 2 N–H and O–H groups in total. The van der Waals surface area contributed by atoms with Gasteiger partial charge in [-0.15, -0.1) is 6.58 Å². The first-order chi connectivity index (χ1) is 13.1. The molecule has 0 saturated carbocycles. The lowest BCUT2D eigenvalue weighted by atomic mass is 9.98. The molecular formula is C24H33NO2. The molecule has 0 radical (unpaired) electrons. The molecule has 27 heavy (non-hydrogen) atoms. The van der Waals surface area contributed by atoms with E-state index in [1.54, 1.807) is 11.1 Å². The van der Waals surface area contributed by atoms with Crippen LogP contribution >= 0.6 is 0 Å². The molecule has 3 nitrogen and oxygen atoms in total. The number of amides is 1. The van der Waals surface area contributed by atoms with E-state index in [0.29, 0.717) is 12.3 Å². The zero-order valence-electron chi connectivity index (χ0n) is 16.6. The average Bonchev–Trinajstić information content (AvgIpc) is 3.12. The van der Waals surface area contributed by atoms with Crippen LogP contribution < -0.4 is 5.32 Å². The lowest BCUT2D eigenvalue weighted by Gasteiger charge is -2.07. The van der Waals surface area contributed by atoms with E-state index in [-0.39, 0.29) is 0 Å². The second kappa shape index (κ2) is 13.8. The van der Waals surface area contributed by atoms with Crippen molar-refractivity contribution < 1.29 is 9.90 Å². The predicted molar refractivity (Wildman–Crippen MR) is 113 cm³/mol. The zero-order chi connectivity index (χ0) is 19.9. The van der Waals surface area contributed by atoms with E-state index >= 15 is 0 Å². The molecule has 1 amide bonds. The number of hydrogen-bond acceptors (Lipinski definition) is 2. The zero-order valence-corrected chi connectivity index (χ0v) is 16.6. The minimum atomic E-state index is -0.720. The molecule has 2 atom stereocenters. The van der Waals surface area contributed by atoms with Gasteiger partial charge in [0, 0.05) is 0 Å². The molecule has 2 aromatic rings.